The second-order valence-electron chi connectivity index (χ2n) is 4.14. The first kappa shape index (κ1) is 12.1. The van der Waals surface area contributed by atoms with Gasteiger partial charge in [0.05, 0.1) is 10.6 Å². The monoisotopic (exact) mass is 252 g/mol. The molecule has 0 fully saturated rings. The van der Waals surface area contributed by atoms with E-state index in [1.54, 1.807) is 11.0 Å². The second-order valence-corrected chi connectivity index (χ2v) is 4.93. The molecular formula is C10H16N6S. The van der Waals surface area contributed by atoms with Crippen molar-refractivity contribution < 1.29 is 0 Å². The first-order valence-electron chi connectivity index (χ1n) is 5.48. The van der Waals surface area contributed by atoms with Crippen LogP contribution >= 0.6 is 11.5 Å². The maximum atomic E-state index is 4.28. The molecule has 0 bridgehead atoms. The van der Waals surface area contributed by atoms with E-state index < -0.39 is 0 Å². The number of aryl methyl sites for hydroxylation is 1. The zero-order valence-electron chi connectivity index (χ0n) is 10.4. The predicted molar refractivity (Wildman–Crippen MR) is 65.9 cm³/mol. The van der Waals surface area contributed by atoms with Gasteiger partial charge in [-0.3, -0.25) is 4.68 Å². The summed E-state index contributed by atoms with van der Waals surface area (Å²) in [5.41, 5.74) is 1.03. The van der Waals surface area contributed by atoms with E-state index in [9.17, 15) is 0 Å². The van der Waals surface area contributed by atoms with Crippen LogP contribution in [0, 0.1) is 0 Å². The summed E-state index contributed by atoms with van der Waals surface area (Å²) in [5.74, 6) is 1.23. The summed E-state index contributed by atoms with van der Waals surface area (Å²) < 4.78 is 5.81. The molecular weight excluding hydrogens is 236 g/mol. The van der Waals surface area contributed by atoms with Crippen molar-refractivity contribution in [1.82, 2.24) is 29.7 Å². The molecule has 17 heavy (non-hydrogen) atoms. The Kier molecular flexibility index (Phi) is 3.49. The van der Waals surface area contributed by atoms with Crippen LogP contribution in [0.1, 0.15) is 42.2 Å². The normalized spacial score (nSPS) is 13.2. The summed E-state index contributed by atoms with van der Waals surface area (Å²) in [4.78, 5) is 5.39. The fraction of sp³-hybridized carbons (Fsp3) is 0.600. The molecule has 0 saturated heterocycles. The lowest BCUT2D eigenvalue weighted by atomic mass is 10.1. The van der Waals surface area contributed by atoms with Gasteiger partial charge in [-0.05, 0) is 24.5 Å². The molecule has 0 spiro atoms. The molecule has 1 atom stereocenters. The van der Waals surface area contributed by atoms with Gasteiger partial charge in [-0.25, -0.2) is 4.98 Å². The number of hydrogen-bond donors (Lipinski definition) is 1. The van der Waals surface area contributed by atoms with Gasteiger partial charge in [0.15, 0.2) is 0 Å². The molecule has 2 aromatic rings. The van der Waals surface area contributed by atoms with Gasteiger partial charge in [-0.15, -0.1) is 5.10 Å². The highest BCUT2D eigenvalue weighted by atomic mass is 32.1. The topological polar surface area (TPSA) is 68.5 Å². The van der Waals surface area contributed by atoms with Gasteiger partial charge in [0.25, 0.3) is 0 Å². The molecule has 2 aromatic heterocycles. The Morgan fingerprint density at radius 1 is 1.41 bits per heavy atom. The van der Waals surface area contributed by atoms with Gasteiger partial charge < -0.3 is 5.32 Å². The lowest BCUT2D eigenvalue weighted by molar-refractivity contribution is 0.589. The zero-order valence-corrected chi connectivity index (χ0v) is 11.2. The summed E-state index contributed by atoms with van der Waals surface area (Å²) in [5, 5.41) is 11.5. The minimum absolute atomic E-state index is 0.0000926. The van der Waals surface area contributed by atoms with Gasteiger partial charge in [-0.2, -0.15) is 5.10 Å². The predicted octanol–water partition coefficient (Wildman–Crippen LogP) is 1.10. The van der Waals surface area contributed by atoms with Crippen LogP contribution < -0.4 is 5.32 Å². The number of aromatic nitrogens is 5. The maximum Gasteiger partial charge on any atom is 0.149 e. The Morgan fingerprint density at radius 3 is 2.71 bits per heavy atom. The largest absolute Gasteiger partial charge is 0.306 e. The van der Waals surface area contributed by atoms with Crippen LogP contribution in [-0.4, -0.2) is 31.4 Å². The molecule has 92 valence electrons. The smallest absolute Gasteiger partial charge is 0.149 e. The number of nitrogens with one attached hydrogen (secondary N) is 1. The van der Waals surface area contributed by atoms with E-state index in [1.165, 1.54) is 11.5 Å². The van der Waals surface area contributed by atoms with E-state index in [0.717, 1.165) is 16.4 Å². The molecule has 7 heteroatoms. The average molecular weight is 252 g/mol. The maximum absolute atomic E-state index is 4.28. The molecule has 0 radical (unpaired) electrons. The van der Waals surface area contributed by atoms with E-state index in [0.29, 0.717) is 5.92 Å². The van der Waals surface area contributed by atoms with Crippen molar-refractivity contribution in [2.24, 2.45) is 7.05 Å². The molecule has 1 N–H and O–H groups in total. The van der Waals surface area contributed by atoms with E-state index >= 15 is 0 Å². The van der Waals surface area contributed by atoms with E-state index in [4.69, 9.17) is 0 Å². The molecule has 0 saturated carbocycles. The van der Waals surface area contributed by atoms with Crippen molar-refractivity contribution in [3.8, 4) is 0 Å². The first-order valence-corrected chi connectivity index (χ1v) is 6.25. The Labute approximate surface area is 104 Å². The lowest BCUT2D eigenvalue weighted by Crippen LogP contribution is -2.22. The third-order valence-electron chi connectivity index (χ3n) is 2.64. The Bertz CT molecular complexity index is 488. The second kappa shape index (κ2) is 4.89. The van der Waals surface area contributed by atoms with Crippen LogP contribution in [0.2, 0.25) is 0 Å². The summed E-state index contributed by atoms with van der Waals surface area (Å²) in [6.07, 6.45) is 1.56. The van der Waals surface area contributed by atoms with Crippen molar-refractivity contribution in [1.29, 1.82) is 0 Å². The van der Waals surface area contributed by atoms with Gasteiger partial charge in [0.2, 0.25) is 0 Å². The summed E-state index contributed by atoms with van der Waals surface area (Å²) in [6.45, 7) is 4.23. The first-order chi connectivity index (χ1) is 8.15. The molecule has 0 aliphatic heterocycles. The molecule has 0 amide bonds. The van der Waals surface area contributed by atoms with Crippen LogP contribution in [0.4, 0.5) is 0 Å². The van der Waals surface area contributed by atoms with Gasteiger partial charge >= 0.3 is 0 Å². The SMILES string of the molecule is CNC(c1snnc1C(C)C)c1ncnn1C. The average Bonchev–Trinajstić information content (AvgIpc) is 2.90. The van der Waals surface area contributed by atoms with Gasteiger partial charge in [-0.1, -0.05) is 18.3 Å². The van der Waals surface area contributed by atoms with Crippen molar-refractivity contribution in [3.05, 3.63) is 22.7 Å². The van der Waals surface area contributed by atoms with Crippen molar-refractivity contribution in [3.63, 3.8) is 0 Å². The molecule has 0 aliphatic carbocycles. The molecule has 0 aromatic carbocycles. The van der Waals surface area contributed by atoms with Crippen molar-refractivity contribution >= 4 is 11.5 Å². The summed E-state index contributed by atoms with van der Waals surface area (Å²) >= 11 is 1.41. The van der Waals surface area contributed by atoms with Crippen LogP contribution in [-0.2, 0) is 7.05 Å². The van der Waals surface area contributed by atoms with Gasteiger partial charge in [0, 0.05) is 7.05 Å². The quantitative estimate of drug-likeness (QED) is 0.882. The zero-order chi connectivity index (χ0) is 12.4. The Balaban J connectivity index is 2.43. The van der Waals surface area contributed by atoms with Crippen molar-refractivity contribution in [2.45, 2.75) is 25.8 Å². The van der Waals surface area contributed by atoms with E-state index in [-0.39, 0.29) is 6.04 Å². The fourth-order valence-electron chi connectivity index (χ4n) is 1.75. The van der Waals surface area contributed by atoms with Crippen molar-refractivity contribution in [2.75, 3.05) is 7.05 Å². The summed E-state index contributed by atoms with van der Waals surface area (Å²) in [6, 6.07) is -0.0000926. The summed E-state index contributed by atoms with van der Waals surface area (Å²) in [7, 11) is 3.79. The van der Waals surface area contributed by atoms with Crippen LogP contribution in [0.15, 0.2) is 6.33 Å². The highest BCUT2D eigenvalue weighted by Crippen LogP contribution is 2.29. The number of nitrogens with zero attached hydrogens (tertiary/aromatic N) is 5. The Hall–Kier alpha value is -1.34. The highest BCUT2D eigenvalue weighted by Gasteiger charge is 2.24. The minimum atomic E-state index is -0.0000926. The number of hydrogen-bond acceptors (Lipinski definition) is 6. The molecule has 1 unspecified atom stereocenters. The van der Waals surface area contributed by atoms with Crippen LogP contribution in [0.5, 0.6) is 0 Å². The third kappa shape index (κ3) is 2.20. The number of rotatable bonds is 4. The fourth-order valence-corrected chi connectivity index (χ4v) is 2.66. The molecule has 2 heterocycles. The third-order valence-corrected chi connectivity index (χ3v) is 3.45. The van der Waals surface area contributed by atoms with E-state index in [1.807, 2.05) is 14.1 Å². The lowest BCUT2D eigenvalue weighted by Gasteiger charge is -2.15. The van der Waals surface area contributed by atoms with Crippen LogP contribution in [0.3, 0.4) is 0 Å². The highest BCUT2D eigenvalue weighted by molar-refractivity contribution is 7.05. The minimum Gasteiger partial charge on any atom is -0.306 e. The molecule has 0 aliphatic rings. The van der Waals surface area contributed by atoms with Gasteiger partial charge in [0.1, 0.15) is 18.2 Å². The Morgan fingerprint density at radius 2 is 2.18 bits per heavy atom. The standard InChI is InChI=1S/C10H16N6S/c1-6(2)7-9(17-15-14-7)8(11-3)10-12-5-13-16(10)4/h5-6,8,11H,1-4H3. The van der Waals surface area contributed by atoms with E-state index in [2.05, 4.69) is 38.8 Å². The molecule has 2 rings (SSSR count). The molecule has 6 nitrogen and oxygen atoms in total. The van der Waals surface area contributed by atoms with Crippen LogP contribution in [0.25, 0.3) is 0 Å².